The number of nitrogens with zero attached hydrogens (tertiary/aromatic N) is 1. The van der Waals surface area contributed by atoms with Gasteiger partial charge in [0.2, 0.25) is 5.79 Å². The van der Waals surface area contributed by atoms with Crippen LogP contribution in [0.2, 0.25) is 0 Å². The summed E-state index contributed by atoms with van der Waals surface area (Å²) in [5.41, 5.74) is 6.88. The summed E-state index contributed by atoms with van der Waals surface area (Å²) in [4.78, 5) is 2.29. The molecule has 0 amide bonds. The van der Waals surface area contributed by atoms with Crippen LogP contribution >= 0.6 is 0 Å². The molecule has 0 spiro atoms. The number of anilines is 3. The summed E-state index contributed by atoms with van der Waals surface area (Å²) >= 11 is 0. The third kappa shape index (κ3) is 3.75. The standard InChI is InChI=1S/C28H25NO2/c1-20-18-21(22-15-17-26-27(19-22)31-28(2,3)30-26)14-16-25(20)29(23-10-6-4-7-11-23)24-12-8-5-9-13-24/h4-19H,1-3H3. The zero-order valence-corrected chi connectivity index (χ0v) is 18.0. The van der Waals surface area contributed by atoms with E-state index < -0.39 is 5.79 Å². The average molecular weight is 408 g/mol. The molecule has 0 atom stereocenters. The second kappa shape index (κ2) is 7.51. The summed E-state index contributed by atoms with van der Waals surface area (Å²) in [6.07, 6.45) is 0. The van der Waals surface area contributed by atoms with E-state index in [1.807, 2.05) is 32.0 Å². The molecule has 4 aromatic rings. The van der Waals surface area contributed by atoms with Crippen LogP contribution in [0.3, 0.4) is 0 Å². The lowest BCUT2D eigenvalue weighted by Crippen LogP contribution is -2.29. The van der Waals surface area contributed by atoms with Crippen molar-refractivity contribution in [3.63, 3.8) is 0 Å². The lowest BCUT2D eigenvalue weighted by atomic mass is 10.0. The van der Waals surface area contributed by atoms with Gasteiger partial charge in [-0.2, -0.15) is 0 Å². The third-order valence-corrected chi connectivity index (χ3v) is 5.46. The summed E-state index contributed by atoms with van der Waals surface area (Å²) in [6, 6.07) is 33.7. The van der Waals surface area contributed by atoms with Crippen molar-refractivity contribution in [2.24, 2.45) is 0 Å². The molecule has 0 aliphatic carbocycles. The molecule has 0 saturated heterocycles. The predicted molar refractivity (Wildman–Crippen MR) is 127 cm³/mol. The van der Waals surface area contributed by atoms with Crippen molar-refractivity contribution in [2.75, 3.05) is 4.90 Å². The maximum Gasteiger partial charge on any atom is 0.246 e. The third-order valence-electron chi connectivity index (χ3n) is 5.46. The molecule has 0 N–H and O–H groups in total. The van der Waals surface area contributed by atoms with Crippen LogP contribution in [0.15, 0.2) is 97.1 Å². The highest BCUT2D eigenvalue weighted by molar-refractivity contribution is 5.80. The van der Waals surface area contributed by atoms with Crippen molar-refractivity contribution in [3.8, 4) is 22.6 Å². The molecule has 0 saturated carbocycles. The van der Waals surface area contributed by atoms with E-state index in [2.05, 4.69) is 90.7 Å². The molecule has 5 rings (SSSR count). The smallest absolute Gasteiger partial charge is 0.246 e. The number of ether oxygens (including phenoxy) is 2. The number of hydrogen-bond acceptors (Lipinski definition) is 3. The Hall–Kier alpha value is -3.72. The molecular weight excluding hydrogens is 382 g/mol. The van der Waals surface area contributed by atoms with Gasteiger partial charge in [-0.3, -0.25) is 0 Å². The van der Waals surface area contributed by atoms with Gasteiger partial charge in [0.05, 0.1) is 0 Å². The second-order valence-corrected chi connectivity index (χ2v) is 8.27. The fourth-order valence-corrected chi connectivity index (χ4v) is 4.07. The first-order valence-electron chi connectivity index (χ1n) is 10.5. The normalized spacial score (nSPS) is 13.8. The van der Waals surface area contributed by atoms with E-state index in [-0.39, 0.29) is 0 Å². The number of hydrogen-bond donors (Lipinski definition) is 0. The van der Waals surface area contributed by atoms with E-state index in [9.17, 15) is 0 Å². The Morgan fingerprint density at radius 1 is 0.613 bits per heavy atom. The predicted octanol–water partition coefficient (Wildman–Crippen LogP) is 7.64. The van der Waals surface area contributed by atoms with Gasteiger partial charge in [-0.15, -0.1) is 0 Å². The van der Waals surface area contributed by atoms with Gasteiger partial charge in [0.15, 0.2) is 11.5 Å². The van der Waals surface area contributed by atoms with Gasteiger partial charge in [-0.05, 0) is 72.1 Å². The van der Waals surface area contributed by atoms with Crippen molar-refractivity contribution in [3.05, 3.63) is 103 Å². The molecule has 4 aromatic carbocycles. The van der Waals surface area contributed by atoms with E-state index in [1.54, 1.807) is 0 Å². The van der Waals surface area contributed by atoms with E-state index in [4.69, 9.17) is 9.47 Å². The molecule has 154 valence electrons. The van der Waals surface area contributed by atoms with E-state index >= 15 is 0 Å². The van der Waals surface area contributed by atoms with Crippen molar-refractivity contribution < 1.29 is 9.47 Å². The van der Waals surface area contributed by atoms with Gasteiger partial charge >= 0.3 is 0 Å². The Morgan fingerprint density at radius 2 is 1.16 bits per heavy atom. The highest BCUT2D eigenvalue weighted by Gasteiger charge is 2.31. The summed E-state index contributed by atoms with van der Waals surface area (Å²) < 4.78 is 11.8. The molecule has 31 heavy (non-hydrogen) atoms. The minimum absolute atomic E-state index is 0.618. The highest BCUT2D eigenvalue weighted by Crippen LogP contribution is 2.43. The number of benzene rings is 4. The van der Waals surface area contributed by atoms with Crippen LogP contribution in [0.25, 0.3) is 11.1 Å². The topological polar surface area (TPSA) is 21.7 Å². The second-order valence-electron chi connectivity index (χ2n) is 8.27. The van der Waals surface area contributed by atoms with Gasteiger partial charge in [-0.25, -0.2) is 0 Å². The summed E-state index contributed by atoms with van der Waals surface area (Å²) in [5.74, 6) is 0.966. The molecule has 3 nitrogen and oxygen atoms in total. The molecule has 0 aromatic heterocycles. The largest absolute Gasteiger partial charge is 0.449 e. The van der Waals surface area contributed by atoms with Crippen molar-refractivity contribution in [2.45, 2.75) is 26.6 Å². The average Bonchev–Trinajstić information content (AvgIpc) is 3.09. The van der Waals surface area contributed by atoms with Crippen LogP contribution in [0, 0.1) is 6.92 Å². The Morgan fingerprint density at radius 3 is 1.77 bits per heavy atom. The maximum atomic E-state index is 5.93. The van der Waals surface area contributed by atoms with Gasteiger partial charge < -0.3 is 14.4 Å². The molecule has 0 bridgehead atoms. The minimum atomic E-state index is -0.618. The van der Waals surface area contributed by atoms with Crippen LogP contribution in [0.4, 0.5) is 17.1 Å². The Labute approximate surface area is 183 Å². The van der Waals surface area contributed by atoms with Crippen molar-refractivity contribution in [1.82, 2.24) is 0 Å². The van der Waals surface area contributed by atoms with Gasteiger partial charge in [0.1, 0.15) is 0 Å². The first-order chi connectivity index (χ1) is 15.0. The SMILES string of the molecule is Cc1cc(-c2ccc3c(c2)OC(C)(C)O3)ccc1N(c1ccccc1)c1ccccc1. The van der Waals surface area contributed by atoms with Crippen LogP contribution < -0.4 is 14.4 Å². The quantitative estimate of drug-likeness (QED) is 0.347. The Kier molecular flexibility index (Phi) is 4.67. The lowest BCUT2D eigenvalue weighted by Gasteiger charge is -2.27. The number of fused-ring (bicyclic) bond motifs is 1. The summed E-state index contributed by atoms with van der Waals surface area (Å²) in [7, 11) is 0. The molecule has 1 heterocycles. The van der Waals surface area contributed by atoms with Crippen LogP contribution in [-0.4, -0.2) is 5.79 Å². The Balaban J connectivity index is 1.55. The van der Waals surface area contributed by atoms with Gasteiger partial charge in [0.25, 0.3) is 0 Å². The molecule has 0 unspecified atom stereocenters. The van der Waals surface area contributed by atoms with Crippen molar-refractivity contribution >= 4 is 17.1 Å². The Bertz CT molecular complexity index is 1180. The van der Waals surface area contributed by atoms with Crippen molar-refractivity contribution in [1.29, 1.82) is 0 Å². The first-order valence-corrected chi connectivity index (χ1v) is 10.5. The van der Waals surface area contributed by atoms with Crippen LogP contribution in [-0.2, 0) is 0 Å². The molecule has 3 heteroatoms. The van der Waals surface area contributed by atoms with Crippen LogP contribution in [0.5, 0.6) is 11.5 Å². The summed E-state index contributed by atoms with van der Waals surface area (Å²) in [5, 5.41) is 0. The number of rotatable bonds is 4. The zero-order valence-electron chi connectivity index (χ0n) is 18.0. The zero-order chi connectivity index (χ0) is 21.4. The number of para-hydroxylation sites is 2. The first kappa shape index (κ1) is 19.3. The fourth-order valence-electron chi connectivity index (χ4n) is 4.07. The molecule has 0 radical (unpaired) electrons. The lowest BCUT2D eigenvalue weighted by molar-refractivity contribution is -0.0431. The number of aryl methyl sites for hydroxylation is 1. The maximum absolute atomic E-state index is 5.93. The van der Waals surface area contributed by atoms with E-state index in [0.717, 1.165) is 39.7 Å². The molecule has 0 fully saturated rings. The fraction of sp³-hybridized carbons (Fsp3) is 0.143. The van der Waals surface area contributed by atoms with E-state index in [0.29, 0.717) is 0 Å². The minimum Gasteiger partial charge on any atom is -0.449 e. The molecular formula is C28H25NO2. The molecule has 1 aliphatic rings. The van der Waals surface area contributed by atoms with E-state index in [1.165, 1.54) is 5.56 Å². The highest BCUT2D eigenvalue weighted by atomic mass is 16.7. The summed E-state index contributed by atoms with van der Waals surface area (Å²) in [6.45, 7) is 6.01. The van der Waals surface area contributed by atoms with Crippen LogP contribution in [0.1, 0.15) is 19.4 Å². The molecule has 1 aliphatic heterocycles. The van der Waals surface area contributed by atoms with Gasteiger partial charge in [-0.1, -0.05) is 48.5 Å². The van der Waals surface area contributed by atoms with Gasteiger partial charge in [0, 0.05) is 30.9 Å². The monoisotopic (exact) mass is 407 g/mol.